The molecule has 0 bridgehead atoms. The van der Waals surface area contributed by atoms with Crippen molar-refractivity contribution in [3.63, 3.8) is 0 Å². The summed E-state index contributed by atoms with van der Waals surface area (Å²) in [4.78, 5) is 0. The van der Waals surface area contributed by atoms with Crippen molar-refractivity contribution in [1.82, 2.24) is 10.9 Å². The number of nitrogens with one attached hydrogen (secondary N) is 2. The molecule has 1 aliphatic heterocycles. The lowest BCUT2D eigenvalue weighted by atomic mass is 9.99. The summed E-state index contributed by atoms with van der Waals surface area (Å²) in [5.74, 6) is 0.999. The summed E-state index contributed by atoms with van der Waals surface area (Å²) in [7, 11) is 0. The van der Waals surface area contributed by atoms with E-state index in [1.807, 2.05) is 18.2 Å². The number of hydrogen-bond donors (Lipinski definition) is 2. The zero-order valence-corrected chi connectivity index (χ0v) is 12.0. The first kappa shape index (κ1) is 12.6. The lowest BCUT2D eigenvalue weighted by Crippen LogP contribution is -2.26. The predicted molar refractivity (Wildman–Crippen MR) is 83.8 cm³/mol. The zero-order valence-electron chi connectivity index (χ0n) is 12.0. The third kappa shape index (κ3) is 2.35. The van der Waals surface area contributed by atoms with Crippen molar-refractivity contribution in [2.45, 2.75) is 25.4 Å². The molecule has 1 aromatic heterocycles. The molecule has 0 aliphatic carbocycles. The molecule has 3 nitrogen and oxygen atoms in total. The number of rotatable bonds is 2. The lowest BCUT2D eigenvalue weighted by Gasteiger charge is -2.09. The van der Waals surface area contributed by atoms with E-state index in [4.69, 9.17) is 4.42 Å². The van der Waals surface area contributed by atoms with Crippen LogP contribution in [0, 0.1) is 6.92 Å². The smallest absolute Gasteiger partial charge is 0.134 e. The Labute approximate surface area is 123 Å². The molecule has 2 heterocycles. The molecule has 3 aromatic rings. The van der Waals surface area contributed by atoms with Crippen LogP contribution in [0.15, 0.2) is 59.0 Å². The fraction of sp³-hybridized carbons (Fsp3) is 0.222. The molecule has 21 heavy (non-hydrogen) atoms. The summed E-state index contributed by atoms with van der Waals surface area (Å²) in [5.41, 5.74) is 10.3. The third-order valence-electron chi connectivity index (χ3n) is 4.14. The molecule has 0 amide bonds. The largest absolute Gasteiger partial charge is 0.459 e. The Bertz CT molecular complexity index is 744. The van der Waals surface area contributed by atoms with Gasteiger partial charge in [-0.05, 0) is 31.0 Å². The van der Waals surface area contributed by atoms with E-state index < -0.39 is 0 Å². The van der Waals surface area contributed by atoms with Crippen molar-refractivity contribution in [2.75, 3.05) is 0 Å². The minimum Gasteiger partial charge on any atom is -0.459 e. The van der Waals surface area contributed by atoms with Crippen molar-refractivity contribution < 1.29 is 4.42 Å². The van der Waals surface area contributed by atoms with Gasteiger partial charge in [-0.25, -0.2) is 10.9 Å². The molecule has 2 unspecified atom stereocenters. The van der Waals surface area contributed by atoms with Crippen molar-refractivity contribution in [3.8, 4) is 0 Å². The summed E-state index contributed by atoms with van der Waals surface area (Å²) in [6.45, 7) is 2.13. The number of furan rings is 1. The van der Waals surface area contributed by atoms with Crippen LogP contribution in [-0.4, -0.2) is 0 Å². The first-order valence-electron chi connectivity index (χ1n) is 7.36. The monoisotopic (exact) mass is 278 g/mol. The van der Waals surface area contributed by atoms with Crippen molar-refractivity contribution >= 4 is 11.0 Å². The van der Waals surface area contributed by atoms with Gasteiger partial charge in [0.05, 0.1) is 6.04 Å². The predicted octanol–water partition coefficient (Wildman–Crippen LogP) is 4.02. The normalized spacial score (nSPS) is 22.0. The standard InChI is InChI=1S/C18H18N2O/c1-12-5-4-7-13(9-12)15-11-16(20-19-15)18-10-14-6-2-3-8-17(14)21-18/h2-10,15-16,19-20H,11H2,1H3. The van der Waals surface area contributed by atoms with Gasteiger partial charge in [0.1, 0.15) is 11.3 Å². The van der Waals surface area contributed by atoms with Crippen LogP contribution >= 0.6 is 0 Å². The molecular weight excluding hydrogens is 260 g/mol. The number of hydrogen-bond acceptors (Lipinski definition) is 3. The van der Waals surface area contributed by atoms with Crippen molar-refractivity contribution in [1.29, 1.82) is 0 Å². The van der Waals surface area contributed by atoms with E-state index in [9.17, 15) is 0 Å². The highest BCUT2D eigenvalue weighted by Gasteiger charge is 2.28. The second-order valence-electron chi connectivity index (χ2n) is 5.73. The molecule has 0 spiro atoms. The Morgan fingerprint density at radius 3 is 2.67 bits per heavy atom. The summed E-state index contributed by atoms with van der Waals surface area (Å²) in [6.07, 6.45) is 0.989. The zero-order chi connectivity index (χ0) is 14.2. The van der Waals surface area contributed by atoms with Crippen LogP contribution in [0.4, 0.5) is 0 Å². The number of hydrazine groups is 1. The van der Waals surface area contributed by atoms with Crippen LogP contribution in [0.5, 0.6) is 0 Å². The van der Waals surface area contributed by atoms with E-state index in [0.29, 0.717) is 6.04 Å². The molecule has 2 atom stereocenters. The van der Waals surface area contributed by atoms with E-state index in [0.717, 1.165) is 23.2 Å². The van der Waals surface area contributed by atoms with E-state index in [1.165, 1.54) is 11.1 Å². The first-order chi connectivity index (χ1) is 10.3. The number of benzene rings is 2. The van der Waals surface area contributed by atoms with Gasteiger partial charge in [-0.15, -0.1) is 0 Å². The van der Waals surface area contributed by atoms with Gasteiger partial charge < -0.3 is 4.42 Å². The molecule has 0 saturated carbocycles. The maximum absolute atomic E-state index is 5.96. The summed E-state index contributed by atoms with van der Waals surface area (Å²) < 4.78 is 5.96. The van der Waals surface area contributed by atoms with Gasteiger partial charge in [-0.2, -0.15) is 0 Å². The Kier molecular flexibility index (Phi) is 3.02. The van der Waals surface area contributed by atoms with Crippen molar-refractivity contribution in [3.05, 3.63) is 71.5 Å². The maximum atomic E-state index is 5.96. The SMILES string of the molecule is Cc1cccc(C2CC(c3cc4ccccc4o3)NN2)c1. The quantitative estimate of drug-likeness (QED) is 0.743. The summed E-state index contributed by atoms with van der Waals surface area (Å²) in [6, 6.07) is 19.5. The summed E-state index contributed by atoms with van der Waals surface area (Å²) >= 11 is 0. The van der Waals surface area contributed by atoms with Gasteiger partial charge in [0, 0.05) is 11.4 Å². The molecule has 2 N–H and O–H groups in total. The topological polar surface area (TPSA) is 37.2 Å². The minimum atomic E-state index is 0.211. The van der Waals surface area contributed by atoms with Gasteiger partial charge in [0.2, 0.25) is 0 Å². The molecule has 1 saturated heterocycles. The number of fused-ring (bicyclic) bond motifs is 1. The number of para-hydroxylation sites is 1. The lowest BCUT2D eigenvalue weighted by molar-refractivity contribution is 0.455. The highest BCUT2D eigenvalue weighted by Crippen LogP contribution is 2.33. The first-order valence-corrected chi connectivity index (χ1v) is 7.36. The van der Waals surface area contributed by atoms with Crippen LogP contribution in [-0.2, 0) is 0 Å². The van der Waals surface area contributed by atoms with Crippen molar-refractivity contribution in [2.24, 2.45) is 0 Å². The Hall–Kier alpha value is -2.10. The Morgan fingerprint density at radius 2 is 1.81 bits per heavy atom. The highest BCUT2D eigenvalue weighted by atomic mass is 16.3. The van der Waals surface area contributed by atoms with Crippen LogP contribution in [0.2, 0.25) is 0 Å². The van der Waals surface area contributed by atoms with E-state index in [1.54, 1.807) is 0 Å². The molecular formula is C18H18N2O. The second kappa shape index (κ2) is 5.02. The molecule has 4 rings (SSSR count). The fourth-order valence-electron chi connectivity index (χ4n) is 3.02. The van der Waals surface area contributed by atoms with E-state index in [2.05, 4.69) is 54.2 Å². The van der Waals surface area contributed by atoms with Gasteiger partial charge >= 0.3 is 0 Å². The van der Waals surface area contributed by atoms with Crippen LogP contribution in [0.3, 0.4) is 0 Å². The second-order valence-corrected chi connectivity index (χ2v) is 5.73. The Morgan fingerprint density at radius 1 is 0.952 bits per heavy atom. The molecule has 3 heteroatoms. The minimum absolute atomic E-state index is 0.211. The fourth-order valence-corrected chi connectivity index (χ4v) is 3.02. The average Bonchev–Trinajstić information content (AvgIpc) is 3.14. The highest BCUT2D eigenvalue weighted by molar-refractivity contribution is 5.77. The molecule has 2 aromatic carbocycles. The molecule has 1 fully saturated rings. The Balaban J connectivity index is 1.58. The van der Waals surface area contributed by atoms with E-state index in [-0.39, 0.29) is 6.04 Å². The van der Waals surface area contributed by atoms with E-state index >= 15 is 0 Å². The van der Waals surface area contributed by atoms with Gasteiger partial charge in [0.25, 0.3) is 0 Å². The number of aryl methyl sites for hydroxylation is 1. The van der Waals surface area contributed by atoms with Crippen LogP contribution < -0.4 is 10.9 Å². The average molecular weight is 278 g/mol. The van der Waals surface area contributed by atoms with Gasteiger partial charge in [-0.3, -0.25) is 0 Å². The third-order valence-corrected chi connectivity index (χ3v) is 4.14. The maximum Gasteiger partial charge on any atom is 0.134 e. The van der Waals surface area contributed by atoms with Crippen LogP contribution in [0.25, 0.3) is 11.0 Å². The molecule has 0 radical (unpaired) electrons. The van der Waals surface area contributed by atoms with Gasteiger partial charge in [-0.1, -0.05) is 48.0 Å². The summed E-state index contributed by atoms with van der Waals surface area (Å²) in [5, 5.41) is 1.16. The molecule has 1 aliphatic rings. The van der Waals surface area contributed by atoms with Crippen LogP contribution in [0.1, 0.15) is 35.4 Å². The molecule has 106 valence electrons. The van der Waals surface area contributed by atoms with Gasteiger partial charge in [0.15, 0.2) is 0 Å².